The van der Waals surface area contributed by atoms with Crippen LogP contribution in [0.2, 0.25) is 0 Å². The molecule has 29 heavy (non-hydrogen) atoms. The summed E-state index contributed by atoms with van der Waals surface area (Å²) in [4.78, 5) is 17.4. The van der Waals surface area contributed by atoms with Gasteiger partial charge >= 0.3 is 0 Å². The highest BCUT2D eigenvalue weighted by Crippen LogP contribution is 2.31. The van der Waals surface area contributed by atoms with E-state index in [0.29, 0.717) is 35.9 Å². The zero-order valence-corrected chi connectivity index (χ0v) is 16.9. The Morgan fingerprint density at radius 1 is 1.21 bits per heavy atom. The van der Waals surface area contributed by atoms with Crippen molar-refractivity contribution in [1.29, 1.82) is 0 Å². The molecule has 150 valence electrons. The number of amides is 1. The van der Waals surface area contributed by atoms with Gasteiger partial charge in [0, 0.05) is 12.1 Å². The van der Waals surface area contributed by atoms with Gasteiger partial charge in [-0.15, -0.1) is 0 Å². The van der Waals surface area contributed by atoms with Crippen LogP contribution in [0.5, 0.6) is 0 Å². The Morgan fingerprint density at radius 3 is 2.62 bits per heavy atom. The van der Waals surface area contributed by atoms with Crippen molar-refractivity contribution >= 4 is 21.6 Å². The number of hydrogen-bond donors (Lipinski definition) is 2. The number of nitrogens with one attached hydrogen (secondary N) is 2. The lowest BCUT2D eigenvalue weighted by Gasteiger charge is -2.18. The number of sulfonamides is 1. The summed E-state index contributed by atoms with van der Waals surface area (Å²) in [5, 5.41) is 10.0. The SMILES string of the molecule is Cc1nc(C(NC(=O)c2ccc3c(c2)CCN3S(C)(=O)=O)c2ccccc2)n[nH]1. The lowest BCUT2D eigenvalue weighted by atomic mass is 10.0. The monoisotopic (exact) mass is 411 g/mol. The van der Waals surface area contributed by atoms with Crippen molar-refractivity contribution in [2.24, 2.45) is 0 Å². The van der Waals surface area contributed by atoms with Crippen LogP contribution in [0.1, 0.15) is 39.2 Å². The summed E-state index contributed by atoms with van der Waals surface area (Å²) < 4.78 is 25.2. The second-order valence-electron chi connectivity index (χ2n) is 7.02. The van der Waals surface area contributed by atoms with Crippen molar-refractivity contribution in [2.75, 3.05) is 17.1 Å². The fourth-order valence-corrected chi connectivity index (χ4v) is 4.46. The number of H-pyrrole nitrogens is 1. The van der Waals surface area contributed by atoms with Crippen LogP contribution in [0.15, 0.2) is 48.5 Å². The first kappa shape index (κ1) is 19.1. The van der Waals surface area contributed by atoms with E-state index in [1.54, 1.807) is 25.1 Å². The summed E-state index contributed by atoms with van der Waals surface area (Å²) in [5.74, 6) is 0.863. The Kier molecular flexibility index (Phi) is 4.83. The van der Waals surface area contributed by atoms with Gasteiger partial charge in [0.2, 0.25) is 10.0 Å². The van der Waals surface area contributed by atoms with Crippen LogP contribution in [0, 0.1) is 6.92 Å². The van der Waals surface area contributed by atoms with Gasteiger partial charge in [0.05, 0.1) is 11.9 Å². The molecule has 2 N–H and O–H groups in total. The molecule has 4 rings (SSSR count). The second kappa shape index (κ2) is 7.32. The lowest BCUT2D eigenvalue weighted by molar-refractivity contribution is 0.0941. The molecule has 2 heterocycles. The fourth-order valence-electron chi connectivity index (χ4n) is 3.50. The zero-order valence-electron chi connectivity index (χ0n) is 16.1. The fraction of sp³-hybridized carbons (Fsp3) is 0.250. The van der Waals surface area contributed by atoms with Crippen molar-refractivity contribution in [3.05, 3.63) is 76.9 Å². The summed E-state index contributed by atoms with van der Waals surface area (Å²) in [6.45, 7) is 2.19. The number of nitrogens with zero attached hydrogens (tertiary/aromatic N) is 3. The van der Waals surface area contributed by atoms with E-state index < -0.39 is 16.1 Å². The van der Waals surface area contributed by atoms with Gasteiger partial charge in [-0.05, 0) is 42.7 Å². The first-order chi connectivity index (χ1) is 13.8. The van der Waals surface area contributed by atoms with Crippen LogP contribution in [0.25, 0.3) is 0 Å². The number of anilines is 1. The Hall–Kier alpha value is -3.20. The molecule has 1 unspecified atom stereocenters. The number of carbonyl (C=O) groups excluding carboxylic acids is 1. The molecule has 0 saturated heterocycles. The average molecular weight is 411 g/mol. The number of hydrogen-bond acceptors (Lipinski definition) is 5. The molecule has 1 aliphatic heterocycles. The molecular formula is C20H21N5O3S. The molecule has 1 atom stereocenters. The third kappa shape index (κ3) is 3.86. The van der Waals surface area contributed by atoms with Crippen molar-refractivity contribution in [1.82, 2.24) is 20.5 Å². The van der Waals surface area contributed by atoms with E-state index in [1.807, 2.05) is 30.3 Å². The van der Waals surface area contributed by atoms with E-state index >= 15 is 0 Å². The number of benzene rings is 2. The number of aromatic amines is 1. The second-order valence-corrected chi connectivity index (χ2v) is 8.93. The number of aromatic nitrogens is 3. The Balaban J connectivity index is 1.62. The molecule has 1 aromatic heterocycles. The maximum Gasteiger partial charge on any atom is 0.252 e. The molecule has 0 spiro atoms. The number of fused-ring (bicyclic) bond motifs is 1. The first-order valence-corrected chi connectivity index (χ1v) is 11.0. The smallest absolute Gasteiger partial charge is 0.252 e. The molecule has 1 aliphatic rings. The minimum atomic E-state index is -3.33. The number of aryl methyl sites for hydroxylation is 1. The molecular weight excluding hydrogens is 390 g/mol. The summed E-state index contributed by atoms with van der Waals surface area (Å²) in [6, 6.07) is 14.1. The van der Waals surface area contributed by atoms with E-state index in [2.05, 4.69) is 20.5 Å². The molecule has 9 heteroatoms. The molecule has 0 bridgehead atoms. The first-order valence-electron chi connectivity index (χ1n) is 9.18. The van der Waals surface area contributed by atoms with Gasteiger partial charge in [0.1, 0.15) is 11.9 Å². The van der Waals surface area contributed by atoms with Gasteiger partial charge in [-0.2, -0.15) is 5.10 Å². The normalized spacial score (nSPS) is 14.5. The standard InChI is InChI=1S/C20H21N5O3S/c1-13-21-19(24-23-13)18(14-6-4-3-5-7-14)22-20(26)16-8-9-17-15(12-16)10-11-25(17)29(2,27)28/h3-9,12,18H,10-11H2,1-2H3,(H,22,26)(H,21,23,24). The van der Waals surface area contributed by atoms with E-state index in [4.69, 9.17) is 0 Å². The Morgan fingerprint density at radius 2 is 1.97 bits per heavy atom. The van der Waals surface area contributed by atoms with Crippen LogP contribution >= 0.6 is 0 Å². The van der Waals surface area contributed by atoms with E-state index in [-0.39, 0.29) is 5.91 Å². The molecule has 0 aliphatic carbocycles. The minimum Gasteiger partial charge on any atom is -0.338 e. The summed E-state index contributed by atoms with van der Waals surface area (Å²) >= 11 is 0. The summed E-state index contributed by atoms with van der Waals surface area (Å²) in [5.41, 5.74) is 2.80. The number of carbonyl (C=O) groups is 1. The largest absolute Gasteiger partial charge is 0.338 e. The summed E-state index contributed by atoms with van der Waals surface area (Å²) in [7, 11) is -3.33. The van der Waals surface area contributed by atoms with E-state index in [9.17, 15) is 13.2 Å². The van der Waals surface area contributed by atoms with Gasteiger partial charge in [-0.25, -0.2) is 13.4 Å². The van der Waals surface area contributed by atoms with E-state index in [0.717, 1.165) is 11.1 Å². The van der Waals surface area contributed by atoms with Crippen LogP contribution in [-0.2, 0) is 16.4 Å². The highest BCUT2D eigenvalue weighted by Gasteiger charge is 2.27. The van der Waals surface area contributed by atoms with Crippen molar-refractivity contribution in [2.45, 2.75) is 19.4 Å². The van der Waals surface area contributed by atoms with Gasteiger partial charge in [0.25, 0.3) is 5.91 Å². The quantitative estimate of drug-likeness (QED) is 0.667. The van der Waals surface area contributed by atoms with Crippen molar-refractivity contribution in [3.63, 3.8) is 0 Å². The van der Waals surface area contributed by atoms with Crippen molar-refractivity contribution in [3.8, 4) is 0 Å². The van der Waals surface area contributed by atoms with Gasteiger partial charge < -0.3 is 5.32 Å². The maximum atomic E-state index is 13.0. The predicted molar refractivity (Wildman–Crippen MR) is 109 cm³/mol. The molecule has 8 nitrogen and oxygen atoms in total. The lowest BCUT2D eigenvalue weighted by Crippen LogP contribution is -2.30. The molecule has 1 amide bonds. The van der Waals surface area contributed by atoms with Crippen LogP contribution in [-0.4, -0.2) is 42.3 Å². The predicted octanol–water partition coefficient (Wildman–Crippen LogP) is 1.95. The third-order valence-corrected chi connectivity index (χ3v) is 6.06. The third-order valence-electron chi connectivity index (χ3n) is 4.88. The Labute approximate surface area is 169 Å². The van der Waals surface area contributed by atoms with Crippen LogP contribution in [0.4, 0.5) is 5.69 Å². The van der Waals surface area contributed by atoms with E-state index in [1.165, 1.54) is 10.6 Å². The van der Waals surface area contributed by atoms with Gasteiger partial charge in [-0.3, -0.25) is 14.2 Å². The molecule has 0 fully saturated rings. The highest BCUT2D eigenvalue weighted by atomic mass is 32.2. The van der Waals surface area contributed by atoms with Gasteiger partial charge in [0.15, 0.2) is 5.82 Å². The van der Waals surface area contributed by atoms with Crippen LogP contribution < -0.4 is 9.62 Å². The van der Waals surface area contributed by atoms with Crippen molar-refractivity contribution < 1.29 is 13.2 Å². The molecule has 0 saturated carbocycles. The van der Waals surface area contributed by atoms with Gasteiger partial charge in [-0.1, -0.05) is 30.3 Å². The maximum absolute atomic E-state index is 13.0. The summed E-state index contributed by atoms with van der Waals surface area (Å²) in [6.07, 6.45) is 1.76. The minimum absolute atomic E-state index is 0.276. The average Bonchev–Trinajstić information content (AvgIpc) is 3.32. The Bertz CT molecular complexity index is 1160. The molecule has 0 radical (unpaired) electrons. The molecule has 2 aromatic carbocycles. The zero-order chi connectivity index (χ0) is 20.6. The number of rotatable bonds is 5. The molecule has 3 aromatic rings. The topological polar surface area (TPSA) is 108 Å². The van der Waals surface area contributed by atoms with Crippen LogP contribution in [0.3, 0.4) is 0 Å². The highest BCUT2D eigenvalue weighted by molar-refractivity contribution is 7.92.